The fraction of sp³-hybridized carbons (Fsp3) is 0.412. The van der Waals surface area contributed by atoms with Crippen LogP contribution in [0, 0.1) is 0 Å². The molecule has 0 unspecified atom stereocenters. The third-order valence-electron chi connectivity index (χ3n) is 4.02. The van der Waals surface area contributed by atoms with E-state index in [1.807, 2.05) is 18.2 Å². The first kappa shape index (κ1) is 13.1. The van der Waals surface area contributed by atoms with Crippen LogP contribution in [0.3, 0.4) is 0 Å². The quantitative estimate of drug-likeness (QED) is 0.848. The molecule has 0 fully saturated rings. The molecule has 0 aliphatic heterocycles. The molecule has 1 heterocycles. The van der Waals surface area contributed by atoms with Crippen LogP contribution in [0.2, 0.25) is 0 Å². The predicted octanol–water partition coefficient (Wildman–Crippen LogP) is 3.67. The first-order valence-electron chi connectivity index (χ1n) is 7.46. The van der Waals surface area contributed by atoms with Gasteiger partial charge in [0, 0.05) is 6.54 Å². The minimum absolute atomic E-state index is 0.245. The first-order valence-corrected chi connectivity index (χ1v) is 7.46. The number of nitrogens with zero attached hydrogens (tertiary/aromatic N) is 2. The molecule has 3 nitrogen and oxygen atoms in total. The van der Waals surface area contributed by atoms with E-state index in [0.717, 1.165) is 48.2 Å². The molecule has 0 saturated carbocycles. The van der Waals surface area contributed by atoms with Gasteiger partial charge in [0.25, 0.3) is 0 Å². The zero-order valence-electron chi connectivity index (χ0n) is 11.9. The van der Waals surface area contributed by atoms with Gasteiger partial charge in [-0.2, -0.15) is 0 Å². The molecule has 3 rings (SSSR count). The summed E-state index contributed by atoms with van der Waals surface area (Å²) in [5.41, 5.74) is 3.11. The third-order valence-corrected chi connectivity index (χ3v) is 4.02. The minimum atomic E-state index is 0.245. The van der Waals surface area contributed by atoms with E-state index in [4.69, 9.17) is 0 Å². The number of imidazole rings is 1. The molecule has 0 saturated heterocycles. The maximum absolute atomic E-state index is 12.4. The smallest absolute Gasteiger partial charge is 0.166 e. The number of fused-ring (bicyclic) bond motifs is 1. The van der Waals surface area contributed by atoms with Crippen molar-refractivity contribution < 1.29 is 4.79 Å². The molecule has 1 aromatic heterocycles. The lowest BCUT2D eigenvalue weighted by Crippen LogP contribution is -2.13. The molecule has 2 aromatic rings. The molecule has 0 radical (unpaired) electrons. The number of rotatable bonds is 4. The van der Waals surface area contributed by atoms with Crippen molar-refractivity contribution in [3.8, 4) is 0 Å². The number of hydrogen-bond donors (Lipinski definition) is 0. The van der Waals surface area contributed by atoms with Gasteiger partial charge in [-0.25, -0.2) is 4.98 Å². The van der Waals surface area contributed by atoms with Gasteiger partial charge >= 0.3 is 0 Å². The summed E-state index contributed by atoms with van der Waals surface area (Å²) >= 11 is 0. The molecular formula is C17H20N2O. The lowest BCUT2D eigenvalue weighted by Gasteiger charge is -2.12. The maximum Gasteiger partial charge on any atom is 0.166 e. The van der Waals surface area contributed by atoms with E-state index in [0.29, 0.717) is 6.42 Å². The highest BCUT2D eigenvalue weighted by Crippen LogP contribution is 2.21. The number of ketones is 1. The van der Waals surface area contributed by atoms with Gasteiger partial charge in [-0.05, 0) is 50.3 Å². The molecular weight excluding hydrogens is 248 g/mol. The largest absolute Gasteiger partial charge is 0.328 e. The molecule has 1 aromatic carbocycles. The van der Waals surface area contributed by atoms with Crippen LogP contribution in [0.4, 0.5) is 0 Å². The molecule has 0 amide bonds. The Morgan fingerprint density at radius 2 is 2.15 bits per heavy atom. The maximum atomic E-state index is 12.4. The van der Waals surface area contributed by atoms with Crippen molar-refractivity contribution in [2.75, 3.05) is 0 Å². The zero-order valence-corrected chi connectivity index (χ0v) is 11.9. The Kier molecular flexibility index (Phi) is 3.68. The molecule has 3 heteroatoms. The van der Waals surface area contributed by atoms with Gasteiger partial charge < -0.3 is 4.57 Å². The van der Waals surface area contributed by atoms with Crippen LogP contribution in [-0.2, 0) is 17.8 Å². The van der Waals surface area contributed by atoms with Crippen LogP contribution in [0.1, 0.15) is 38.4 Å². The highest BCUT2D eigenvalue weighted by Gasteiger charge is 2.17. The standard InChI is InChI=1S/C17H20N2O/c1-2-19-15-11-7-6-10-14(15)18-17(19)12-16(20)13-8-4-3-5-9-13/h6-8,10-11H,2-5,9,12H2,1H3. The lowest BCUT2D eigenvalue weighted by molar-refractivity contribution is -0.115. The van der Waals surface area contributed by atoms with Crippen molar-refractivity contribution in [3.05, 3.63) is 41.7 Å². The van der Waals surface area contributed by atoms with E-state index in [9.17, 15) is 4.79 Å². The van der Waals surface area contributed by atoms with Crippen LogP contribution < -0.4 is 0 Å². The normalized spacial score (nSPS) is 15.3. The van der Waals surface area contributed by atoms with Crippen molar-refractivity contribution in [2.45, 2.75) is 45.6 Å². The number of benzene rings is 1. The van der Waals surface area contributed by atoms with Crippen molar-refractivity contribution >= 4 is 16.8 Å². The Bertz CT molecular complexity index is 667. The number of carbonyl (C=O) groups excluding carboxylic acids is 1. The number of hydrogen-bond acceptors (Lipinski definition) is 2. The SMILES string of the molecule is CCn1c(CC(=O)C2=CCCCC2)nc2ccccc21. The van der Waals surface area contributed by atoms with Crippen LogP contribution in [-0.4, -0.2) is 15.3 Å². The van der Waals surface area contributed by atoms with Gasteiger partial charge in [0.05, 0.1) is 17.5 Å². The summed E-state index contributed by atoms with van der Waals surface area (Å²) in [7, 11) is 0. The third kappa shape index (κ3) is 2.40. The van der Waals surface area contributed by atoms with E-state index in [-0.39, 0.29) is 5.78 Å². The summed E-state index contributed by atoms with van der Waals surface area (Å²) in [6.07, 6.45) is 6.88. The van der Waals surface area contributed by atoms with Crippen molar-refractivity contribution in [1.29, 1.82) is 0 Å². The summed E-state index contributed by atoms with van der Waals surface area (Å²) in [5.74, 6) is 1.14. The van der Waals surface area contributed by atoms with Crippen molar-refractivity contribution in [1.82, 2.24) is 9.55 Å². The molecule has 0 atom stereocenters. The van der Waals surface area contributed by atoms with Gasteiger partial charge in [-0.3, -0.25) is 4.79 Å². The number of aryl methyl sites for hydroxylation is 1. The van der Waals surface area contributed by atoms with E-state index < -0.39 is 0 Å². The molecule has 0 N–H and O–H groups in total. The highest BCUT2D eigenvalue weighted by molar-refractivity contribution is 5.96. The van der Waals surface area contributed by atoms with E-state index in [1.54, 1.807) is 0 Å². The summed E-state index contributed by atoms with van der Waals surface area (Å²) < 4.78 is 2.15. The summed E-state index contributed by atoms with van der Waals surface area (Å²) in [4.78, 5) is 17.0. The fourth-order valence-corrected chi connectivity index (χ4v) is 2.96. The fourth-order valence-electron chi connectivity index (χ4n) is 2.96. The number of Topliss-reactive ketones (excluding diaryl/α,β-unsaturated/α-hetero) is 1. The molecule has 0 bridgehead atoms. The summed E-state index contributed by atoms with van der Waals surface area (Å²) in [6, 6.07) is 8.09. The van der Waals surface area contributed by atoms with Crippen LogP contribution in [0.5, 0.6) is 0 Å². The van der Waals surface area contributed by atoms with Crippen LogP contribution in [0.25, 0.3) is 11.0 Å². The van der Waals surface area contributed by atoms with Gasteiger partial charge in [0.2, 0.25) is 0 Å². The van der Waals surface area contributed by atoms with Gasteiger partial charge in [-0.1, -0.05) is 18.2 Å². The van der Waals surface area contributed by atoms with Crippen molar-refractivity contribution in [2.24, 2.45) is 0 Å². The Balaban J connectivity index is 1.90. The molecule has 1 aliphatic rings. The summed E-state index contributed by atoms with van der Waals surface area (Å²) in [6.45, 7) is 2.95. The molecule has 20 heavy (non-hydrogen) atoms. The average molecular weight is 268 g/mol. The number of allylic oxidation sites excluding steroid dienone is 2. The molecule has 104 valence electrons. The average Bonchev–Trinajstić information content (AvgIpc) is 2.85. The van der Waals surface area contributed by atoms with E-state index in [2.05, 4.69) is 28.6 Å². The number of aromatic nitrogens is 2. The zero-order chi connectivity index (χ0) is 13.9. The Morgan fingerprint density at radius 3 is 2.90 bits per heavy atom. The molecule has 0 spiro atoms. The van der Waals surface area contributed by atoms with E-state index in [1.165, 1.54) is 6.42 Å². The highest BCUT2D eigenvalue weighted by atomic mass is 16.1. The first-order chi connectivity index (χ1) is 9.79. The number of para-hydroxylation sites is 2. The Labute approximate surface area is 119 Å². The van der Waals surface area contributed by atoms with E-state index >= 15 is 0 Å². The second-order valence-electron chi connectivity index (χ2n) is 5.34. The lowest BCUT2D eigenvalue weighted by atomic mass is 9.95. The topological polar surface area (TPSA) is 34.9 Å². The van der Waals surface area contributed by atoms with Crippen LogP contribution >= 0.6 is 0 Å². The van der Waals surface area contributed by atoms with Crippen molar-refractivity contribution in [3.63, 3.8) is 0 Å². The Hall–Kier alpha value is -1.90. The van der Waals surface area contributed by atoms with Gasteiger partial charge in [-0.15, -0.1) is 0 Å². The second-order valence-corrected chi connectivity index (χ2v) is 5.34. The monoisotopic (exact) mass is 268 g/mol. The van der Waals surface area contributed by atoms with Gasteiger partial charge in [0.1, 0.15) is 5.82 Å². The van der Waals surface area contributed by atoms with Crippen LogP contribution in [0.15, 0.2) is 35.9 Å². The molecule has 1 aliphatic carbocycles. The van der Waals surface area contributed by atoms with Gasteiger partial charge in [0.15, 0.2) is 5.78 Å². The predicted molar refractivity (Wildman–Crippen MR) is 80.7 cm³/mol. The number of carbonyl (C=O) groups is 1. The minimum Gasteiger partial charge on any atom is -0.328 e. The summed E-state index contributed by atoms with van der Waals surface area (Å²) in [5, 5.41) is 0. The Morgan fingerprint density at radius 1 is 1.30 bits per heavy atom. The second kappa shape index (κ2) is 5.61.